The Bertz CT molecular complexity index is 973. The van der Waals surface area contributed by atoms with Gasteiger partial charge in [0, 0.05) is 28.0 Å². The molecule has 2 aromatic heterocycles. The fourth-order valence-corrected chi connectivity index (χ4v) is 3.87. The maximum Gasteiger partial charge on any atom is 0.307 e. The van der Waals surface area contributed by atoms with Gasteiger partial charge in [-0.15, -0.1) is 11.3 Å². The number of aromatic amines is 1. The van der Waals surface area contributed by atoms with Crippen LogP contribution in [0.5, 0.6) is 0 Å². The standard InChI is InChI=1S/C18H17N3O3S/c1-18(2)12(7-15(22)24-18)16(23)21-17-20-14(9-25-17)11-8-19-13-6-4-3-5-10(11)13/h3-6,8-9,12,19H,7H2,1-2H3,(H,20,21,23)/t12-/m0/s1. The number of thiazole rings is 1. The molecule has 1 atom stereocenters. The van der Waals surface area contributed by atoms with E-state index in [0.29, 0.717) is 5.13 Å². The van der Waals surface area contributed by atoms with E-state index in [4.69, 9.17) is 4.74 Å². The van der Waals surface area contributed by atoms with Gasteiger partial charge in [0.1, 0.15) is 5.60 Å². The van der Waals surface area contributed by atoms with E-state index in [1.807, 2.05) is 35.8 Å². The van der Waals surface area contributed by atoms with Crippen LogP contribution in [-0.2, 0) is 14.3 Å². The Balaban J connectivity index is 1.56. The van der Waals surface area contributed by atoms with Crippen molar-refractivity contribution in [2.75, 3.05) is 5.32 Å². The van der Waals surface area contributed by atoms with Gasteiger partial charge in [-0.3, -0.25) is 9.59 Å². The van der Waals surface area contributed by atoms with Gasteiger partial charge < -0.3 is 15.0 Å². The van der Waals surface area contributed by atoms with E-state index in [1.165, 1.54) is 11.3 Å². The normalized spacial score (nSPS) is 19.1. The molecule has 0 saturated carbocycles. The lowest BCUT2D eigenvalue weighted by atomic mass is 9.90. The lowest BCUT2D eigenvalue weighted by Crippen LogP contribution is -2.36. The zero-order valence-electron chi connectivity index (χ0n) is 13.8. The minimum atomic E-state index is -0.794. The quantitative estimate of drug-likeness (QED) is 0.704. The van der Waals surface area contributed by atoms with E-state index >= 15 is 0 Å². The van der Waals surface area contributed by atoms with Crippen LogP contribution in [-0.4, -0.2) is 27.4 Å². The van der Waals surface area contributed by atoms with Gasteiger partial charge >= 0.3 is 5.97 Å². The predicted molar refractivity (Wildman–Crippen MR) is 96.3 cm³/mol. The molecule has 25 heavy (non-hydrogen) atoms. The number of aromatic nitrogens is 2. The van der Waals surface area contributed by atoms with Crippen LogP contribution >= 0.6 is 11.3 Å². The molecule has 1 aromatic carbocycles. The summed E-state index contributed by atoms with van der Waals surface area (Å²) in [5.74, 6) is -1.10. The van der Waals surface area contributed by atoms with Crippen molar-refractivity contribution in [2.24, 2.45) is 5.92 Å². The van der Waals surface area contributed by atoms with Gasteiger partial charge in [-0.25, -0.2) is 4.98 Å². The van der Waals surface area contributed by atoms with Gasteiger partial charge in [0.05, 0.1) is 18.0 Å². The number of ether oxygens (including phenoxy) is 1. The highest BCUT2D eigenvalue weighted by molar-refractivity contribution is 7.14. The first-order chi connectivity index (χ1) is 11.9. The Kier molecular flexibility index (Phi) is 3.61. The lowest BCUT2D eigenvalue weighted by molar-refractivity contribution is -0.147. The molecule has 4 rings (SSSR count). The smallest absolute Gasteiger partial charge is 0.307 e. The fourth-order valence-electron chi connectivity index (χ4n) is 3.16. The van der Waals surface area contributed by atoms with Crippen LogP contribution in [0.4, 0.5) is 5.13 Å². The average Bonchev–Trinajstić information content (AvgIpc) is 3.23. The molecule has 7 heteroatoms. The first kappa shape index (κ1) is 15.8. The second-order valence-electron chi connectivity index (χ2n) is 6.61. The van der Waals surface area contributed by atoms with Crippen molar-refractivity contribution in [3.05, 3.63) is 35.8 Å². The molecule has 0 aliphatic carbocycles. The average molecular weight is 355 g/mol. The highest BCUT2D eigenvalue weighted by Crippen LogP contribution is 2.35. The van der Waals surface area contributed by atoms with Crippen molar-refractivity contribution >= 4 is 39.2 Å². The Labute approximate surface area is 148 Å². The second kappa shape index (κ2) is 5.70. The zero-order chi connectivity index (χ0) is 17.6. The zero-order valence-corrected chi connectivity index (χ0v) is 14.6. The maximum absolute atomic E-state index is 12.5. The number of nitrogens with zero attached hydrogens (tertiary/aromatic N) is 1. The summed E-state index contributed by atoms with van der Waals surface area (Å²) < 4.78 is 5.21. The van der Waals surface area contributed by atoms with Crippen molar-refractivity contribution in [2.45, 2.75) is 25.9 Å². The summed E-state index contributed by atoms with van der Waals surface area (Å²) in [7, 11) is 0. The van der Waals surface area contributed by atoms with Gasteiger partial charge in [0.2, 0.25) is 5.91 Å². The van der Waals surface area contributed by atoms with E-state index in [1.54, 1.807) is 13.8 Å². The molecule has 0 spiro atoms. The van der Waals surface area contributed by atoms with E-state index in [9.17, 15) is 9.59 Å². The number of nitrogens with one attached hydrogen (secondary N) is 2. The molecule has 0 bridgehead atoms. The Morgan fingerprint density at radius 3 is 2.96 bits per heavy atom. The number of rotatable bonds is 3. The largest absolute Gasteiger partial charge is 0.459 e. The van der Waals surface area contributed by atoms with Crippen molar-refractivity contribution in [3.8, 4) is 11.3 Å². The molecule has 1 aliphatic heterocycles. The summed E-state index contributed by atoms with van der Waals surface area (Å²) in [5.41, 5.74) is 2.04. The summed E-state index contributed by atoms with van der Waals surface area (Å²) in [6, 6.07) is 7.99. The fraction of sp³-hybridized carbons (Fsp3) is 0.278. The predicted octanol–water partition coefficient (Wildman–Crippen LogP) is 3.57. The number of H-pyrrole nitrogens is 1. The minimum absolute atomic E-state index is 0.0967. The number of carbonyl (C=O) groups excluding carboxylic acids is 2. The van der Waals surface area contributed by atoms with Crippen LogP contribution in [0.15, 0.2) is 35.8 Å². The number of esters is 1. The van der Waals surface area contributed by atoms with Crippen LogP contribution in [0.25, 0.3) is 22.2 Å². The minimum Gasteiger partial charge on any atom is -0.459 e. The Hall–Kier alpha value is -2.67. The van der Waals surface area contributed by atoms with E-state index in [-0.39, 0.29) is 18.3 Å². The third kappa shape index (κ3) is 2.80. The molecule has 0 unspecified atom stereocenters. The van der Waals surface area contributed by atoms with Crippen LogP contribution in [0, 0.1) is 5.92 Å². The highest BCUT2D eigenvalue weighted by atomic mass is 32.1. The van der Waals surface area contributed by atoms with Crippen LogP contribution < -0.4 is 5.32 Å². The molecule has 6 nitrogen and oxygen atoms in total. The summed E-state index contributed by atoms with van der Waals surface area (Å²) in [6.07, 6.45) is 2.01. The molecular weight excluding hydrogens is 338 g/mol. The lowest BCUT2D eigenvalue weighted by Gasteiger charge is -2.23. The summed E-state index contributed by atoms with van der Waals surface area (Å²) in [5, 5.41) is 6.32. The van der Waals surface area contributed by atoms with Crippen LogP contribution in [0.1, 0.15) is 20.3 Å². The van der Waals surface area contributed by atoms with Gasteiger partial charge in [-0.05, 0) is 19.9 Å². The Morgan fingerprint density at radius 1 is 1.40 bits per heavy atom. The molecule has 128 valence electrons. The number of carbonyl (C=O) groups is 2. The number of benzene rings is 1. The van der Waals surface area contributed by atoms with Gasteiger partial charge in [0.25, 0.3) is 0 Å². The van der Waals surface area contributed by atoms with Crippen molar-refractivity contribution < 1.29 is 14.3 Å². The second-order valence-corrected chi connectivity index (χ2v) is 7.47. The SMILES string of the molecule is CC1(C)OC(=O)C[C@H]1C(=O)Nc1nc(-c2c[nH]c3ccccc23)cs1. The van der Waals surface area contributed by atoms with E-state index < -0.39 is 11.5 Å². The summed E-state index contributed by atoms with van der Waals surface area (Å²) in [4.78, 5) is 31.7. The maximum atomic E-state index is 12.5. The molecule has 1 fully saturated rings. The number of anilines is 1. The molecule has 1 aliphatic rings. The van der Waals surface area contributed by atoms with Crippen LogP contribution in [0.2, 0.25) is 0 Å². The van der Waals surface area contributed by atoms with Crippen molar-refractivity contribution in [1.29, 1.82) is 0 Å². The number of para-hydroxylation sites is 1. The van der Waals surface area contributed by atoms with Gasteiger partial charge in [-0.1, -0.05) is 18.2 Å². The van der Waals surface area contributed by atoms with Gasteiger partial charge in [0.15, 0.2) is 5.13 Å². The molecule has 3 aromatic rings. The summed E-state index contributed by atoms with van der Waals surface area (Å²) in [6.45, 7) is 3.50. The molecule has 2 N–H and O–H groups in total. The van der Waals surface area contributed by atoms with E-state index in [0.717, 1.165) is 22.2 Å². The first-order valence-electron chi connectivity index (χ1n) is 7.99. The van der Waals surface area contributed by atoms with Crippen molar-refractivity contribution in [3.63, 3.8) is 0 Å². The van der Waals surface area contributed by atoms with Crippen LogP contribution in [0.3, 0.4) is 0 Å². The number of cyclic esters (lactones) is 1. The summed E-state index contributed by atoms with van der Waals surface area (Å²) >= 11 is 1.36. The third-order valence-electron chi connectivity index (χ3n) is 4.50. The molecule has 0 radical (unpaired) electrons. The monoisotopic (exact) mass is 355 g/mol. The first-order valence-corrected chi connectivity index (χ1v) is 8.87. The van der Waals surface area contributed by atoms with E-state index in [2.05, 4.69) is 15.3 Å². The molecule has 1 amide bonds. The van der Waals surface area contributed by atoms with Crippen molar-refractivity contribution in [1.82, 2.24) is 9.97 Å². The third-order valence-corrected chi connectivity index (χ3v) is 5.26. The molecular formula is C18H17N3O3S. The number of hydrogen-bond donors (Lipinski definition) is 2. The molecule has 1 saturated heterocycles. The Morgan fingerprint density at radius 2 is 2.20 bits per heavy atom. The topological polar surface area (TPSA) is 84.1 Å². The highest BCUT2D eigenvalue weighted by Gasteiger charge is 2.46. The number of hydrogen-bond acceptors (Lipinski definition) is 5. The molecule has 3 heterocycles. The van der Waals surface area contributed by atoms with Gasteiger partial charge in [-0.2, -0.15) is 0 Å². The number of fused-ring (bicyclic) bond motifs is 1. The number of amides is 1.